The Labute approximate surface area is 205 Å². The molecule has 0 saturated heterocycles. The fourth-order valence-corrected chi connectivity index (χ4v) is 4.05. The van der Waals surface area contributed by atoms with Crippen molar-refractivity contribution in [2.24, 2.45) is 0 Å². The predicted molar refractivity (Wildman–Crippen MR) is 144 cm³/mol. The number of fused-ring (bicyclic) bond motifs is 1. The number of carbonyl (C=O) groups is 1. The highest BCUT2D eigenvalue weighted by Gasteiger charge is 2.16. The summed E-state index contributed by atoms with van der Waals surface area (Å²) < 4.78 is 0. The summed E-state index contributed by atoms with van der Waals surface area (Å²) in [6.45, 7) is 6.51. The molecule has 0 fully saturated rings. The first-order chi connectivity index (χ1) is 16.9. The quantitative estimate of drug-likeness (QED) is 0.304. The van der Waals surface area contributed by atoms with E-state index in [2.05, 4.69) is 38.2 Å². The van der Waals surface area contributed by atoms with Crippen LogP contribution in [-0.4, -0.2) is 15.9 Å². The molecule has 0 aliphatic rings. The highest BCUT2D eigenvalue weighted by Crippen LogP contribution is 2.31. The second kappa shape index (κ2) is 9.15. The molecule has 4 nitrogen and oxygen atoms in total. The summed E-state index contributed by atoms with van der Waals surface area (Å²) in [6, 6.07) is 33.5. The molecular formula is C31H27N3O. The Kier molecular flexibility index (Phi) is 5.87. The molecule has 1 heterocycles. The molecule has 0 spiro atoms. The molecule has 0 radical (unpaired) electrons. The SMILES string of the molecule is CC(C)(C)c1ccc(NC(=O)c2ccc3nc(-c4ccccc4)c(-c4ccccc4)nc3c2)cc1. The average Bonchev–Trinajstić information content (AvgIpc) is 2.88. The van der Waals surface area contributed by atoms with Gasteiger partial charge in [-0.3, -0.25) is 4.79 Å². The van der Waals surface area contributed by atoms with E-state index < -0.39 is 0 Å². The number of hydrogen-bond donors (Lipinski definition) is 1. The van der Waals surface area contributed by atoms with Gasteiger partial charge in [0.1, 0.15) is 0 Å². The normalized spacial score (nSPS) is 11.4. The lowest BCUT2D eigenvalue weighted by atomic mass is 9.87. The number of nitrogens with one attached hydrogen (secondary N) is 1. The van der Waals surface area contributed by atoms with Crippen LogP contribution in [0.25, 0.3) is 33.5 Å². The summed E-state index contributed by atoms with van der Waals surface area (Å²) in [5.41, 5.74) is 7.61. The van der Waals surface area contributed by atoms with Crippen LogP contribution in [0.2, 0.25) is 0 Å². The molecule has 1 N–H and O–H groups in total. The van der Waals surface area contributed by atoms with Gasteiger partial charge >= 0.3 is 0 Å². The molecular weight excluding hydrogens is 430 g/mol. The largest absolute Gasteiger partial charge is 0.322 e. The van der Waals surface area contributed by atoms with Gasteiger partial charge in [0.25, 0.3) is 5.91 Å². The molecule has 0 saturated carbocycles. The summed E-state index contributed by atoms with van der Waals surface area (Å²) >= 11 is 0. The van der Waals surface area contributed by atoms with Crippen molar-refractivity contribution in [2.75, 3.05) is 5.32 Å². The van der Waals surface area contributed by atoms with Crippen molar-refractivity contribution < 1.29 is 4.79 Å². The van der Waals surface area contributed by atoms with Crippen molar-refractivity contribution in [3.8, 4) is 22.5 Å². The van der Waals surface area contributed by atoms with E-state index in [1.165, 1.54) is 5.56 Å². The van der Waals surface area contributed by atoms with E-state index in [0.29, 0.717) is 11.1 Å². The molecule has 0 unspecified atom stereocenters. The van der Waals surface area contributed by atoms with Gasteiger partial charge in [0.2, 0.25) is 0 Å². The van der Waals surface area contributed by atoms with E-state index in [1.807, 2.05) is 84.9 Å². The number of amides is 1. The molecule has 1 aromatic heterocycles. The predicted octanol–water partition coefficient (Wildman–Crippen LogP) is 7.51. The first kappa shape index (κ1) is 22.5. The van der Waals surface area contributed by atoms with Gasteiger partial charge in [0.15, 0.2) is 0 Å². The molecule has 0 bridgehead atoms. The van der Waals surface area contributed by atoms with Crippen LogP contribution in [-0.2, 0) is 5.41 Å². The van der Waals surface area contributed by atoms with E-state index in [1.54, 1.807) is 6.07 Å². The van der Waals surface area contributed by atoms with Crippen LogP contribution < -0.4 is 5.32 Å². The minimum Gasteiger partial charge on any atom is -0.322 e. The third kappa shape index (κ3) is 4.82. The van der Waals surface area contributed by atoms with Crippen LogP contribution in [0.5, 0.6) is 0 Å². The van der Waals surface area contributed by atoms with E-state index in [-0.39, 0.29) is 11.3 Å². The summed E-state index contributed by atoms with van der Waals surface area (Å²) in [5.74, 6) is -0.175. The van der Waals surface area contributed by atoms with Gasteiger partial charge < -0.3 is 5.32 Å². The van der Waals surface area contributed by atoms with Crippen molar-refractivity contribution in [1.29, 1.82) is 0 Å². The highest BCUT2D eigenvalue weighted by atomic mass is 16.1. The van der Waals surface area contributed by atoms with Crippen LogP contribution in [0, 0.1) is 0 Å². The Hall–Kier alpha value is -4.31. The van der Waals surface area contributed by atoms with E-state index in [0.717, 1.165) is 33.7 Å². The molecule has 0 aliphatic heterocycles. The Morgan fingerprint density at radius 3 is 1.74 bits per heavy atom. The lowest BCUT2D eigenvalue weighted by Gasteiger charge is -2.19. The molecule has 0 aliphatic carbocycles. The van der Waals surface area contributed by atoms with E-state index >= 15 is 0 Å². The molecule has 0 atom stereocenters. The Bertz CT molecular complexity index is 1490. The second-order valence-electron chi connectivity index (χ2n) is 9.64. The maximum atomic E-state index is 13.0. The second-order valence-corrected chi connectivity index (χ2v) is 9.64. The topological polar surface area (TPSA) is 54.9 Å². The summed E-state index contributed by atoms with van der Waals surface area (Å²) in [5, 5.41) is 3.00. The number of carbonyl (C=O) groups excluding carboxylic acids is 1. The Morgan fingerprint density at radius 1 is 0.657 bits per heavy atom. The smallest absolute Gasteiger partial charge is 0.255 e. The minimum atomic E-state index is -0.175. The minimum absolute atomic E-state index is 0.0641. The summed E-state index contributed by atoms with van der Waals surface area (Å²) in [4.78, 5) is 22.9. The lowest BCUT2D eigenvalue weighted by molar-refractivity contribution is 0.102. The number of anilines is 1. The van der Waals surface area contributed by atoms with E-state index in [9.17, 15) is 4.79 Å². The molecule has 4 heteroatoms. The maximum Gasteiger partial charge on any atom is 0.255 e. The third-order valence-electron chi connectivity index (χ3n) is 6.03. The molecule has 35 heavy (non-hydrogen) atoms. The highest BCUT2D eigenvalue weighted by molar-refractivity contribution is 6.06. The van der Waals surface area contributed by atoms with Crippen molar-refractivity contribution in [3.63, 3.8) is 0 Å². The fraction of sp³-hybridized carbons (Fsp3) is 0.129. The fourth-order valence-electron chi connectivity index (χ4n) is 4.05. The Balaban J connectivity index is 1.51. The zero-order valence-electron chi connectivity index (χ0n) is 20.1. The standard InChI is InChI=1S/C31H27N3O/c1-31(2,3)24-15-17-25(18-16-24)32-30(35)23-14-19-26-27(20-23)34-29(22-12-8-5-9-13-22)28(33-26)21-10-6-4-7-11-21/h4-20H,1-3H3,(H,32,35). The van der Waals surface area contributed by atoms with Gasteiger partial charge in [0, 0.05) is 22.4 Å². The van der Waals surface area contributed by atoms with Crippen molar-refractivity contribution in [2.45, 2.75) is 26.2 Å². The zero-order chi connectivity index (χ0) is 24.4. The first-order valence-electron chi connectivity index (χ1n) is 11.7. The molecule has 5 aromatic rings. The molecule has 172 valence electrons. The lowest BCUT2D eigenvalue weighted by Crippen LogP contribution is -2.13. The zero-order valence-corrected chi connectivity index (χ0v) is 20.1. The molecule has 4 aromatic carbocycles. The van der Waals surface area contributed by atoms with Crippen molar-refractivity contribution in [1.82, 2.24) is 9.97 Å². The van der Waals surface area contributed by atoms with Crippen LogP contribution >= 0.6 is 0 Å². The van der Waals surface area contributed by atoms with Crippen molar-refractivity contribution >= 4 is 22.6 Å². The summed E-state index contributed by atoms with van der Waals surface area (Å²) in [7, 11) is 0. The number of aromatic nitrogens is 2. The van der Waals surface area contributed by atoms with Gasteiger partial charge in [-0.1, -0.05) is 93.6 Å². The molecule has 1 amide bonds. The van der Waals surface area contributed by atoms with Crippen LogP contribution in [0.15, 0.2) is 103 Å². The first-order valence-corrected chi connectivity index (χ1v) is 11.7. The van der Waals surface area contributed by atoms with Crippen LogP contribution in [0.4, 0.5) is 5.69 Å². The van der Waals surface area contributed by atoms with Gasteiger partial charge in [-0.25, -0.2) is 9.97 Å². The third-order valence-corrected chi connectivity index (χ3v) is 6.03. The van der Waals surface area contributed by atoms with Crippen molar-refractivity contribution in [3.05, 3.63) is 114 Å². The number of hydrogen-bond acceptors (Lipinski definition) is 3. The maximum absolute atomic E-state index is 13.0. The monoisotopic (exact) mass is 457 g/mol. The number of benzene rings is 4. The Morgan fingerprint density at radius 2 is 1.20 bits per heavy atom. The number of rotatable bonds is 4. The van der Waals surface area contributed by atoms with E-state index in [4.69, 9.17) is 9.97 Å². The van der Waals surface area contributed by atoms with Gasteiger partial charge in [-0.2, -0.15) is 0 Å². The van der Waals surface area contributed by atoms with Gasteiger partial charge in [0.05, 0.1) is 22.4 Å². The summed E-state index contributed by atoms with van der Waals surface area (Å²) in [6.07, 6.45) is 0. The van der Waals surface area contributed by atoms with Gasteiger partial charge in [-0.05, 0) is 41.3 Å². The number of nitrogens with zero attached hydrogens (tertiary/aromatic N) is 2. The average molecular weight is 458 g/mol. The van der Waals surface area contributed by atoms with Crippen LogP contribution in [0.1, 0.15) is 36.7 Å². The molecule has 5 rings (SSSR count). The van der Waals surface area contributed by atoms with Gasteiger partial charge in [-0.15, -0.1) is 0 Å². The van der Waals surface area contributed by atoms with Crippen LogP contribution in [0.3, 0.4) is 0 Å².